The van der Waals surface area contributed by atoms with E-state index in [2.05, 4.69) is 0 Å². The smallest absolute Gasteiger partial charge is 0.258 e. The van der Waals surface area contributed by atoms with Crippen molar-refractivity contribution in [1.29, 1.82) is 0 Å². The Kier molecular flexibility index (Phi) is 4.07. The maximum absolute atomic E-state index is 13.0. The summed E-state index contributed by atoms with van der Waals surface area (Å²) in [4.78, 5) is 29.3. The second-order valence-corrected chi connectivity index (χ2v) is 6.87. The minimum absolute atomic E-state index is 0.00220. The van der Waals surface area contributed by atoms with E-state index in [4.69, 9.17) is 0 Å². The van der Waals surface area contributed by atoms with Gasteiger partial charge in [-0.05, 0) is 37.1 Å². The molecule has 25 heavy (non-hydrogen) atoms. The number of amides is 2. The highest BCUT2D eigenvalue weighted by Gasteiger charge is 2.38. The summed E-state index contributed by atoms with van der Waals surface area (Å²) in [5, 5.41) is 12.1. The summed E-state index contributed by atoms with van der Waals surface area (Å²) in [5.74, 6) is -0.190. The number of aromatic hydroxyl groups is 1. The molecule has 0 saturated carbocycles. The molecule has 2 aromatic rings. The summed E-state index contributed by atoms with van der Waals surface area (Å²) in [5.41, 5.74) is 0.278. The zero-order valence-corrected chi connectivity index (χ0v) is 14.1. The summed E-state index contributed by atoms with van der Waals surface area (Å²) >= 11 is 0. The number of hydrogen-bond acceptors (Lipinski definition) is 3. The molecule has 1 atom stereocenters. The van der Waals surface area contributed by atoms with E-state index in [0.29, 0.717) is 18.4 Å². The summed E-state index contributed by atoms with van der Waals surface area (Å²) in [6.07, 6.45) is 3.61. The van der Waals surface area contributed by atoms with Crippen LogP contribution >= 0.6 is 0 Å². The van der Waals surface area contributed by atoms with Crippen LogP contribution in [-0.2, 0) is 4.79 Å². The van der Waals surface area contributed by atoms with Crippen LogP contribution in [0.3, 0.4) is 0 Å². The van der Waals surface area contributed by atoms with E-state index in [1.54, 1.807) is 17.0 Å². The molecular weight excluding hydrogens is 316 g/mol. The van der Waals surface area contributed by atoms with E-state index < -0.39 is 6.04 Å². The van der Waals surface area contributed by atoms with E-state index >= 15 is 0 Å². The first-order valence-electron chi connectivity index (χ1n) is 8.97. The Hall–Kier alpha value is -2.56. The largest absolute Gasteiger partial charge is 0.506 e. The summed E-state index contributed by atoms with van der Waals surface area (Å²) in [6.45, 7) is 2.15. The van der Waals surface area contributed by atoms with Gasteiger partial charge in [-0.2, -0.15) is 0 Å². The lowest BCUT2D eigenvalue weighted by molar-refractivity contribution is -0.134. The van der Waals surface area contributed by atoms with Crippen LogP contribution < -0.4 is 0 Å². The van der Waals surface area contributed by atoms with Crippen molar-refractivity contribution in [3.63, 3.8) is 0 Å². The molecule has 4 rings (SSSR count). The summed E-state index contributed by atoms with van der Waals surface area (Å²) in [7, 11) is 0. The van der Waals surface area contributed by atoms with Crippen molar-refractivity contribution in [3.8, 4) is 5.75 Å². The van der Waals surface area contributed by atoms with Crippen molar-refractivity contribution < 1.29 is 14.7 Å². The maximum Gasteiger partial charge on any atom is 0.258 e. The molecule has 2 amide bonds. The highest BCUT2D eigenvalue weighted by molar-refractivity contribution is 6.05. The van der Waals surface area contributed by atoms with Gasteiger partial charge in [-0.25, -0.2) is 0 Å². The van der Waals surface area contributed by atoms with Crippen molar-refractivity contribution in [2.75, 3.05) is 19.6 Å². The molecule has 2 aromatic carbocycles. The minimum atomic E-state index is -0.392. The zero-order chi connectivity index (χ0) is 17.4. The predicted molar refractivity (Wildman–Crippen MR) is 95.5 cm³/mol. The van der Waals surface area contributed by atoms with Gasteiger partial charge in [0.1, 0.15) is 11.8 Å². The molecular formula is C20H22N2O3. The standard InChI is InChI=1S/C20H22N2O3/c23-18-15-7-2-1-6-14(15)9-10-16(18)19(24)22-13-5-8-17(22)20(25)21-11-3-4-12-21/h1-2,6-7,9-10,17,23H,3-5,8,11-13H2/t17-/m0/s1. The molecule has 130 valence electrons. The van der Waals surface area contributed by atoms with Gasteiger partial charge in [0.2, 0.25) is 5.91 Å². The third kappa shape index (κ3) is 2.73. The van der Waals surface area contributed by atoms with E-state index in [9.17, 15) is 14.7 Å². The first kappa shape index (κ1) is 15.9. The molecule has 2 aliphatic rings. The SMILES string of the molecule is O=C([C@@H]1CCCN1C(=O)c1ccc2ccccc2c1O)N1CCCC1. The third-order valence-corrected chi connectivity index (χ3v) is 5.35. The number of carbonyl (C=O) groups excluding carboxylic acids is 2. The van der Waals surface area contributed by atoms with Gasteiger partial charge in [-0.3, -0.25) is 9.59 Å². The Morgan fingerprint density at radius 1 is 0.960 bits per heavy atom. The number of carbonyl (C=O) groups is 2. The fourth-order valence-corrected chi connectivity index (χ4v) is 4.00. The normalized spacial score (nSPS) is 20.4. The van der Waals surface area contributed by atoms with Crippen LogP contribution in [0, 0.1) is 0 Å². The minimum Gasteiger partial charge on any atom is -0.506 e. The van der Waals surface area contributed by atoms with Gasteiger partial charge in [0.25, 0.3) is 5.91 Å². The number of hydrogen-bond donors (Lipinski definition) is 1. The molecule has 5 nitrogen and oxygen atoms in total. The van der Waals surface area contributed by atoms with Gasteiger partial charge >= 0.3 is 0 Å². The Morgan fingerprint density at radius 3 is 2.52 bits per heavy atom. The third-order valence-electron chi connectivity index (χ3n) is 5.35. The number of nitrogens with zero attached hydrogens (tertiary/aromatic N) is 2. The lowest BCUT2D eigenvalue weighted by Crippen LogP contribution is -2.47. The number of phenolic OH excluding ortho intramolecular Hbond substituents is 1. The van der Waals surface area contributed by atoms with Crippen LogP contribution in [0.5, 0.6) is 5.75 Å². The van der Waals surface area contributed by atoms with E-state index in [1.165, 1.54) is 0 Å². The number of benzene rings is 2. The molecule has 0 radical (unpaired) electrons. The average molecular weight is 338 g/mol. The Balaban J connectivity index is 1.63. The van der Waals surface area contributed by atoms with Crippen molar-refractivity contribution in [3.05, 3.63) is 42.0 Å². The molecule has 2 aliphatic heterocycles. The topological polar surface area (TPSA) is 60.9 Å². The second-order valence-electron chi connectivity index (χ2n) is 6.87. The average Bonchev–Trinajstić information content (AvgIpc) is 3.33. The molecule has 0 bridgehead atoms. The highest BCUT2D eigenvalue weighted by atomic mass is 16.3. The van der Waals surface area contributed by atoms with Gasteiger partial charge in [-0.1, -0.05) is 30.3 Å². The Bertz CT molecular complexity index is 827. The van der Waals surface area contributed by atoms with Crippen LogP contribution in [0.1, 0.15) is 36.0 Å². The lowest BCUT2D eigenvalue weighted by atomic mass is 10.0. The predicted octanol–water partition coefficient (Wildman–Crippen LogP) is 2.77. The molecule has 2 heterocycles. The van der Waals surface area contributed by atoms with Gasteiger partial charge in [-0.15, -0.1) is 0 Å². The highest BCUT2D eigenvalue weighted by Crippen LogP contribution is 2.31. The fraction of sp³-hybridized carbons (Fsp3) is 0.400. The molecule has 5 heteroatoms. The quantitative estimate of drug-likeness (QED) is 0.916. The van der Waals surface area contributed by atoms with Gasteiger partial charge in [0.15, 0.2) is 0 Å². The summed E-state index contributed by atoms with van der Waals surface area (Å²) in [6, 6.07) is 10.6. The lowest BCUT2D eigenvalue weighted by Gasteiger charge is -2.28. The summed E-state index contributed by atoms with van der Waals surface area (Å²) < 4.78 is 0. The number of phenols is 1. The van der Waals surface area contributed by atoms with Gasteiger partial charge < -0.3 is 14.9 Å². The molecule has 2 fully saturated rings. The van der Waals surface area contributed by atoms with Crippen LogP contribution in [0.15, 0.2) is 36.4 Å². The maximum atomic E-state index is 13.0. The fourth-order valence-electron chi connectivity index (χ4n) is 4.00. The first-order valence-corrected chi connectivity index (χ1v) is 8.97. The first-order chi connectivity index (χ1) is 12.2. The van der Waals surface area contributed by atoms with Crippen molar-refractivity contribution in [1.82, 2.24) is 9.80 Å². The van der Waals surface area contributed by atoms with Crippen molar-refractivity contribution in [2.45, 2.75) is 31.7 Å². The Labute approximate surface area is 146 Å². The monoisotopic (exact) mass is 338 g/mol. The van der Waals surface area contributed by atoms with E-state index in [1.807, 2.05) is 29.2 Å². The molecule has 0 spiro atoms. The van der Waals surface area contributed by atoms with E-state index in [0.717, 1.165) is 37.7 Å². The van der Waals surface area contributed by atoms with Crippen LogP contribution in [0.25, 0.3) is 10.8 Å². The van der Waals surface area contributed by atoms with Gasteiger partial charge in [0, 0.05) is 25.0 Å². The number of rotatable bonds is 2. The second kappa shape index (κ2) is 6.39. The van der Waals surface area contributed by atoms with Gasteiger partial charge in [0.05, 0.1) is 5.56 Å². The van der Waals surface area contributed by atoms with Crippen LogP contribution in [0.4, 0.5) is 0 Å². The van der Waals surface area contributed by atoms with E-state index in [-0.39, 0.29) is 23.1 Å². The zero-order valence-electron chi connectivity index (χ0n) is 14.1. The molecule has 1 N–H and O–H groups in total. The molecule has 2 saturated heterocycles. The molecule has 0 aromatic heterocycles. The van der Waals surface area contributed by atoms with Crippen molar-refractivity contribution in [2.24, 2.45) is 0 Å². The molecule has 0 aliphatic carbocycles. The van der Waals surface area contributed by atoms with Crippen LogP contribution in [0.2, 0.25) is 0 Å². The number of fused-ring (bicyclic) bond motifs is 1. The van der Waals surface area contributed by atoms with Crippen molar-refractivity contribution >= 4 is 22.6 Å². The van der Waals surface area contributed by atoms with Crippen LogP contribution in [-0.4, -0.2) is 52.4 Å². The number of likely N-dealkylation sites (tertiary alicyclic amines) is 2. The molecule has 0 unspecified atom stereocenters. The Morgan fingerprint density at radius 2 is 1.72 bits per heavy atom.